The van der Waals surface area contributed by atoms with Crippen molar-refractivity contribution in [3.05, 3.63) is 29.3 Å². The number of hydrogen-bond acceptors (Lipinski definition) is 3. The third-order valence-corrected chi connectivity index (χ3v) is 3.00. The van der Waals surface area contributed by atoms with Crippen LogP contribution < -0.4 is 10.1 Å². The van der Waals surface area contributed by atoms with Gasteiger partial charge < -0.3 is 10.1 Å². The highest BCUT2D eigenvalue weighted by Gasteiger charge is 2.17. The van der Waals surface area contributed by atoms with E-state index in [2.05, 4.69) is 56.4 Å². The van der Waals surface area contributed by atoms with Gasteiger partial charge in [0, 0.05) is 5.56 Å². The molecule has 0 spiro atoms. The van der Waals surface area contributed by atoms with Crippen molar-refractivity contribution < 1.29 is 4.74 Å². The van der Waals surface area contributed by atoms with Gasteiger partial charge in [-0.25, -0.2) is 0 Å². The molecule has 0 aliphatic carbocycles. The highest BCUT2D eigenvalue weighted by atomic mass is 16.5. The van der Waals surface area contributed by atoms with E-state index in [4.69, 9.17) is 4.74 Å². The molecule has 17 heavy (non-hydrogen) atoms. The third-order valence-electron chi connectivity index (χ3n) is 3.00. The van der Waals surface area contributed by atoms with E-state index >= 15 is 0 Å². The lowest BCUT2D eigenvalue weighted by Gasteiger charge is -2.26. The number of nitrogens with zero attached hydrogens (tertiary/aromatic N) is 1. The van der Waals surface area contributed by atoms with Crippen LogP contribution in [0.1, 0.15) is 37.1 Å². The first-order chi connectivity index (χ1) is 8.01. The summed E-state index contributed by atoms with van der Waals surface area (Å²) in [6.07, 6.45) is 0.170. The van der Waals surface area contributed by atoms with Gasteiger partial charge in [-0.1, -0.05) is 19.9 Å². The summed E-state index contributed by atoms with van der Waals surface area (Å²) < 4.78 is 5.45. The Morgan fingerprint density at radius 3 is 2.29 bits per heavy atom. The zero-order chi connectivity index (χ0) is 13.0. The summed E-state index contributed by atoms with van der Waals surface area (Å²) in [6.45, 7) is 4.41. The first-order valence-electron chi connectivity index (χ1n) is 6.02. The van der Waals surface area contributed by atoms with E-state index in [0.29, 0.717) is 5.92 Å². The van der Waals surface area contributed by atoms with E-state index in [1.165, 1.54) is 11.1 Å². The molecule has 3 nitrogen and oxygen atoms in total. The van der Waals surface area contributed by atoms with Crippen LogP contribution in [0.15, 0.2) is 18.2 Å². The summed E-state index contributed by atoms with van der Waals surface area (Å²) in [5.41, 5.74) is 2.52. The van der Waals surface area contributed by atoms with Gasteiger partial charge in [0.2, 0.25) is 0 Å². The standard InChI is InChI=1S/C14H24N2O/c1-10(2)11-7-8-13(17-6)12(9-11)14(15-3)16(4)5/h7-10,14-15H,1-6H3. The largest absolute Gasteiger partial charge is 0.496 e. The molecular formula is C14H24N2O. The molecule has 3 heteroatoms. The van der Waals surface area contributed by atoms with E-state index < -0.39 is 0 Å². The molecule has 0 saturated heterocycles. The number of benzene rings is 1. The molecule has 0 fully saturated rings. The van der Waals surface area contributed by atoms with Crippen LogP contribution in [0.3, 0.4) is 0 Å². The van der Waals surface area contributed by atoms with E-state index in [1.54, 1.807) is 7.11 Å². The van der Waals surface area contributed by atoms with Gasteiger partial charge in [0.05, 0.1) is 13.3 Å². The third kappa shape index (κ3) is 3.20. The van der Waals surface area contributed by atoms with Crippen molar-refractivity contribution in [1.82, 2.24) is 10.2 Å². The number of hydrogen-bond donors (Lipinski definition) is 1. The Balaban J connectivity index is 3.21. The number of rotatable bonds is 5. The van der Waals surface area contributed by atoms with Crippen LogP contribution in [0.4, 0.5) is 0 Å². The van der Waals surface area contributed by atoms with Gasteiger partial charge in [-0.2, -0.15) is 0 Å². The van der Waals surface area contributed by atoms with Crippen molar-refractivity contribution in [1.29, 1.82) is 0 Å². The minimum Gasteiger partial charge on any atom is -0.496 e. The first kappa shape index (κ1) is 14.0. The molecule has 0 aromatic heterocycles. The molecule has 1 aromatic carbocycles. The van der Waals surface area contributed by atoms with E-state index in [-0.39, 0.29) is 6.17 Å². The lowest BCUT2D eigenvalue weighted by atomic mass is 9.99. The normalized spacial score (nSPS) is 13.2. The molecule has 0 aliphatic rings. The fraction of sp³-hybridized carbons (Fsp3) is 0.571. The molecule has 0 heterocycles. The second kappa shape index (κ2) is 6.03. The summed E-state index contributed by atoms with van der Waals surface area (Å²) in [5.74, 6) is 1.46. The van der Waals surface area contributed by atoms with Gasteiger partial charge >= 0.3 is 0 Å². The Labute approximate surface area is 105 Å². The lowest BCUT2D eigenvalue weighted by Crippen LogP contribution is -2.31. The molecule has 1 N–H and O–H groups in total. The Morgan fingerprint density at radius 2 is 1.88 bits per heavy atom. The molecule has 0 aliphatic heterocycles. The van der Waals surface area contributed by atoms with Crippen LogP contribution >= 0.6 is 0 Å². The van der Waals surface area contributed by atoms with Gasteiger partial charge in [0.15, 0.2) is 0 Å². The lowest BCUT2D eigenvalue weighted by molar-refractivity contribution is 0.256. The molecule has 1 unspecified atom stereocenters. The summed E-state index contributed by atoms with van der Waals surface area (Å²) >= 11 is 0. The topological polar surface area (TPSA) is 24.5 Å². The second-order valence-electron chi connectivity index (χ2n) is 4.81. The van der Waals surface area contributed by atoms with Crippen molar-refractivity contribution in [2.24, 2.45) is 0 Å². The van der Waals surface area contributed by atoms with E-state index in [0.717, 1.165) is 5.75 Å². The zero-order valence-corrected chi connectivity index (χ0v) is 11.7. The Kier molecular flexibility index (Phi) is 4.97. The van der Waals surface area contributed by atoms with Crippen LogP contribution in [0, 0.1) is 0 Å². The van der Waals surface area contributed by atoms with E-state index in [1.807, 2.05) is 7.05 Å². The smallest absolute Gasteiger partial charge is 0.125 e. The molecule has 1 rings (SSSR count). The fourth-order valence-corrected chi connectivity index (χ4v) is 2.02. The molecule has 96 valence electrons. The van der Waals surface area contributed by atoms with Crippen molar-refractivity contribution in [3.8, 4) is 5.75 Å². The monoisotopic (exact) mass is 236 g/mol. The average molecular weight is 236 g/mol. The second-order valence-corrected chi connectivity index (χ2v) is 4.81. The van der Waals surface area contributed by atoms with Crippen LogP contribution in [-0.2, 0) is 0 Å². The van der Waals surface area contributed by atoms with Crippen LogP contribution in [0.2, 0.25) is 0 Å². The maximum Gasteiger partial charge on any atom is 0.125 e. The predicted octanol–water partition coefficient (Wildman–Crippen LogP) is 2.60. The minimum absolute atomic E-state index is 0.170. The molecule has 1 atom stereocenters. The highest BCUT2D eigenvalue weighted by Crippen LogP contribution is 2.29. The van der Waals surface area contributed by atoms with Crippen LogP contribution in [0.25, 0.3) is 0 Å². The van der Waals surface area contributed by atoms with Gasteiger partial charge in [0.25, 0.3) is 0 Å². The molecule has 1 aromatic rings. The molecule has 0 radical (unpaired) electrons. The Bertz CT molecular complexity index is 361. The zero-order valence-electron chi connectivity index (χ0n) is 11.7. The number of ether oxygens (including phenoxy) is 1. The molecular weight excluding hydrogens is 212 g/mol. The van der Waals surface area contributed by atoms with Crippen molar-refractivity contribution in [2.45, 2.75) is 25.9 Å². The van der Waals surface area contributed by atoms with Crippen molar-refractivity contribution in [3.63, 3.8) is 0 Å². The van der Waals surface area contributed by atoms with Gasteiger partial charge in [-0.05, 0) is 44.8 Å². The quantitative estimate of drug-likeness (QED) is 0.795. The van der Waals surface area contributed by atoms with Gasteiger partial charge in [-0.3, -0.25) is 4.90 Å². The SMILES string of the molecule is CNC(c1cc(C(C)C)ccc1OC)N(C)C. The number of methoxy groups -OCH3 is 1. The maximum atomic E-state index is 5.45. The summed E-state index contributed by atoms with van der Waals surface area (Å²) in [4.78, 5) is 2.14. The van der Waals surface area contributed by atoms with Gasteiger partial charge in [0.1, 0.15) is 5.75 Å². The maximum absolute atomic E-state index is 5.45. The fourth-order valence-electron chi connectivity index (χ4n) is 2.02. The van der Waals surface area contributed by atoms with Crippen LogP contribution in [0.5, 0.6) is 5.75 Å². The summed E-state index contributed by atoms with van der Waals surface area (Å²) in [6, 6.07) is 6.42. The highest BCUT2D eigenvalue weighted by molar-refractivity contribution is 5.40. The minimum atomic E-state index is 0.170. The van der Waals surface area contributed by atoms with Crippen molar-refractivity contribution in [2.75, 3.05) is 28.3 Å². The summed E-state index contributed by atoms with van der Waals surface area (Å²) in [5, 5.41) is 3.30. The molecule has 0 saturated carbocycles. The van der Waals surface area contributed by atoms with Gasteiger partial charge in [-0.15, -0.1) is 0 Å². The molecule has 0 amide bonds. The first-order valence-corrected chi connectivity index (χ1v) is 6.02. The van der Waals surface area contributed by atoms with Crippen molar-refractivity contribution >= 4 is 0 Å². The number of nitrogens with one attached hydrogen (secondary N) is 1. The van der Waals surface area contributed by atoms with E-state index in [9.17, 15) is 0 Å². The Hall–Kier alpha value is -1.06. The molecule has 0 bridgehead atoms. The summed E-state index contributed by atoms with van der Waals surface area (Å²) in [7, 11) is 7.80. The predicted molar refractivity (Wildman–Crippen MR) is 72.6 cm³/mol. The van der Waals surface area contributed by atoms with Crippen LogP contribution in [-0.4, -0.2) is 33.2 Å². The average Bonchev–Trinajstić information content (AvgIpc) is 2.29. The Morgan fingerprint density at radius 1 is 1.24 bits per heavy atom.